The summed E-state index contributed by atoms with van der Waals surface area (Å²) in [6, 6.07) is 24.1. The Balaban J connectivity index is 1.66. The highest BCUT2D eigenvalue weighted by Gasteiger charge is 2.15. The number of hydrogen-bond donors (Lipinski definition) is 1. The summed E-state index contributed by atoms with van der Waals surface area (Å²) in [5, 5.41) is 3.17. The van der Waals surface area contributed by atoms with Crippen molar-refractivity contribution in [3.63, 3.8) is 0 Å². The first-order valence-corrected chi connectivity index (χ1v) is 8.63. The van der Waals surface area contributed by atoms with Crippen LogP contribution in [0, 0.1) is 0 Å². The van der Waals surface area contributed by atoms with Crippen LogP contribution in [0.25, 0.3) is 0 Å². The van der Waals surface area contributed by atoms with Crippen molar-refractivity contribution >= 4 is 5.91 Å². The van der Waals surface area contributed by atoms with Crippen LogP contribution in [0.2, 0.25) is 0 Å². The molecule has 0 aliphatic carbocycles. The molecule has 0 radical (unpaired) electrons. The Kier molecular flexibility index (Phi) is 5.94. The molecule has 126 valence electrons. The van der Waals surface area contributed by atoms with Gasteiger partial charge in [0.05, 0.1) is 6.04 Å². The van der Waals surface area contributed by atoms with E-state index >= 15 is 0 Å². The van der Waals surface area contributed by atoms with Gasteiger partial charge in [-0.05, 0) is 42.5 Å². The lowest BCUT2D eigenvalue weighted by Crippen LogP contribution is -2.28. The average Bonchev–Trinajstić information content (AvgIpc) is 2.69. The number of carbonyl (C=O) groups excluding carboxylic acids is 1. The van der Waals surface area contributed by atoms with Crippen LogP contribution in [0.1, 0.15) is 40.4 Å². The van der Waals surface area contributed by atoms with Crippen LogP contribution in [0.15, 0.2) is 85.2 Å². The number of aromatic nitrogens is 1. The zero-order chi connectivity index (χ0) is 17.3. The zero-order valence-electron chi connectivity index (χ0n) is 14.1. The molecule has 0 fully saturated rings. The molecule has 25 heavy (non-hydrogen) atoms. The first-order chi connectivity index (χ1) is 12.3. The smallest absolute Gasteiger partial charge is 0.251 e. The van der Waals surface area contributed by atoms with Crippen molar-refractivity contribution in [2.24, 2.45) is 0 Å². The number of aryl methyl sites for hydroxylation is 1. The van der Waals surface area contributed by atoms with E-state index in [-0.39, 0.29) is 11.9 Å². The minimum Gasteiger partial charge on any atom is -0.345 e. The van der Waals surface area contributed by atoms with E-state index in [1.807, 2.05) is 24.3 Å². The Hall–Kier alpha value is -2.94. The lowest BCUT2D eigenvalue weighted by molar-refractivity contribution is 0.0934. The summed E-state index contributed by atoms with van der Waals surface area (Å²) < 4.78 is 0. The highest BCUT2D eigenvalue weighted by atomic mass is 16.1. The maximum absolute atomic E-state index is 12.5. The Morgan fingerprint density at radius 1 is 0.880 bits per heavy atom. The number of hydrogen-bond acceptors (Lipinski definition) is 2. The third kappa shape index (κ3) is 5.01. The number of rotatable bonds is 7. The van der Waals surface area contributed by atoms with Crippen molar-refractivity contribution in [1.29, 1.82) is 0 Å². The molecule has 1 unspecified atom stereocenters. The van der Waals surface area contributed by atoms with Crippen LogP contribution in [-0.2, 0) is 6.42 Å². The maximum atomic E-state index is 12.5. The molecular weight excluding hydrogens is 308 g/mol. The summed E-state index contributed by atoms with van der Waals surface area (Å²) in [4.78, 5) is 16.5. The minimum absolute atomic E-state index is 0.00516. The first-order valence-electron chi connectivity index (χ1n) is 8.63. The van der Waals surface area contributed by atoms with E-state index in [0.717, 1.165) is 24.8 Å². The van der Waals surface area contributed by atoms with Crippen LogP contribution in [-0.4, -0.2) is 10.9 Å². The molecule has 1 aromatic heterocycles. The lowest BCUT2D eigenvalue weighted by atomic mass is 9.98. The fourth-order valence-corrected chi connectivity index (χ4v) is 2.91. The van der Waals surface area contributed by atoms with Crippen LogP contribution >= 0.6 is 0 Å². The normalized spacial score (nSPS) is 11.7. The van der Waals surface area contributed by atoms with Gasteiger partial charge >= 0.3 is 0 Å². The summed E-state index contributed by atoms with van der Waals surface area (Å²) in [5.74, 6) is -0.0593. The van der Waals surface area contributed by atoms with Crippen LogP contribution in [0.5, 0.6) is 0 Å². The van der Waals surface area contributed by atoms with E-state index in [1.165, 1.54) is 5.56 Å². The SMILES string of the molecule is O=C(NC(CCCc1ccccc1)c1ccccc1)c1ccncc1. The number of pyridine rings is 1. The van der Waals surface area contributed by atoms with Gasteiger partial charge in [-0.2, -0.15) is 0 Å². The predicted octanol–water partition coefficient (Wildman–Crippen LogP) is 4.58. The van der Waals surface area contributed by atoms with E-state index < -0.39 is 0 Å². The van der Waals surface area contributed by atoms with Crippen molar-refractivity contribution < 1.29 is 4.79 Å². The largest absolute Gasteiger partial charge is 0.345 e. The highest BCUT2D eigenvalue weighted by Crippen LogP contribution is 2.20. The molecule has 0 saturated heterocycles. The fourth-order valence-electron chi connectivity index (χ4n) is 2.91. The van der Waals surface area contributed by atoms with Gasteiger partial charge in [-0.25, -0.2) is 0 Å². The Labute approximate surface area is 148 Å². The summed E-state index contributed by atoms with van der Waals surface area (Å²) in [6.07, 6.45) is 6.20. The van der Waals surface area contributed by atoms with Crippen molar-refractivity contribution in [1.82, 2.24) is 10.3 Å². The Bertz CT molecular complexity index is 773. The van der Waals surface area contributed by atoms with Gasteiger partial charge in [0.25, 0.3) is 5.91 Å². The number of amides is 1. The van der Waals surface area contributed by atoms with Gasteiger partial charge in [0, 0.05) is 18.0 Å². The number of nitrogens with zero attached hydrogens (tertiary/aromatic N) is 1. The van der Waals surface area contributed by atoms with Gasteiger partial charge in [-0.1, -0.05) is 60.7 Å². The number of nitrogens with one attached hydrogen (secondary N) is 1. The zero-order valence-corrected chi connectivity index (χ0v) is 14.1. The molecule has 3 aromatic rings. The molecule has 3 rings (SSSR count). The van der Waals surface area contributed by atoms with Gasteiger partial charge in [0.1, 0.15) is 0 Å². The molecule has 0 saturated carbocycles. The third-order valence-electron chi connectivity index (χ3n) is 4.25. The molecule has 0 aliphatic rings. The summed E-state index contributed by atoms with van der Waals surface area (Å²) in [5.41, 5.74) is 3.10. The molecule has 1 heterocycles. The molecule has 3 heteroatoms. The van der Waals surface area contributed by atoms with Crippen LogP contribution in [0.3, 0.4) is 0 Å². The second-order valence-corrected chi connectivity index (χ2v) is 6.05. The minimum atomic E-state index is -0.0593. The third-order valence-corrected chi connectivity index (χ3v) is 4.25. The van der Waals surface area contributed by atoms with Crippen molar-refractivity contribution in [2.45, 2.75) is 25.3 Å². The second-order valence-electron chi connectivity index (χ2n) is 6.05. The van der Waals surface area contributed by atoms with Crippen molar-refractivity contribution in [3.8, 4) is 0 Å². The molecule has 0 spiro atoms. The molecular formula is C22H22N2O. The lowest BCUT2D eigenvalue weighted by Gasteiger charge is -2.19. The van der Waals surface area contributed by atoms with E-state index in [0.29, 0.717) is 5.56 Å². The second kappa shape index (κ2) is 8.78. The van der Waals surface area contributed by atoms with E-state index in [4.69, 9.17) is 0 Å². The van der Waals surface area contributed by atoms with Crippen molar-refractivity contribution in [2.75, 3.05) is 0 Å². The van der Waals surface area contributed by atoms with Crippen LogP contribution in [0.4, 0.5) is 0 Å². The highest BCUT2D eigenvalue weighted by molar-refractivity contribution is 5.94. The quantitative estimate of drug-likeness (QED) is 0.689. The molecule has 3 nitrogen and oxygen atoms in total. The van der Waals surface area contributed by atoms with E-state index in [9.17, 15) is 4.79 Å². The van der Waals surface area contributed by atoms with Gasteiger partial charge in [0.2, 0.25) is 0 Å². The number of carbonyl (C=O) groups is 1. The van der Waals surface area contributed by atoms with Gasteiger partial charge < -0.3 is 5.32 Å². The summed E-state index contributed by atoms with van der Waals surface area (Å²) in [6.45, 7) is 0. The maximum Gasteiger partial charge on any atom is 0.251 e. The van der Waals surface area contributed by atoms with E-state index in [2.05, 4.69) is 46.7 Å². The standard InChI is InChI=1S/C22H22N2O/c25-22(20-14-16-23-17-15-20)24-21(19-11-5-2-6-12-19)13-7-10-18-8-3-1-4-9-18/h1-6,8-9,11-12,14-17,21H,7,10,13H2,(H,24,25). The van der Waals surface area contributed by atoms with Crippen LogP contribution < -0.4 is 5.32 Å². The van der Waals surface area contributed by atoms with E-state index in [1.54, 1.807) is 24.5 Å². The van der Waals surface area contributed by atoms with Gasteiger partial charge in [0.15, 0.2) is 0 Å². The summed E-state index contributed by atoms with van der Waals surface area (Å²) in [7, 11) is 0. The Morgan fingerprint density at radius 2 is 1.52 bits per heavy atom. The van der Waals surface area contributed by atoms with Gasteiger partial charge in [-0.3, -0.25) is 9.78 Å². The average molecular weight is 330 g/mol. The molecule has 1 amide bonds. The van der Waals surface area contributed by atoms with Crippen molar-refractivity contribution in [3.05, 3.63) is 102 Å². The number of benzene rings is 2. The van der Waals surface area contributed by atoms with Gasteiger partial charge in [-0.15, -0.1) is 0 Å². The molecule has 0 aliphatic heterocycles. The topological polar surface area (TPSA) is 42.0 Å². The predicted molar refractivity (Wildman–Crippen MR) is 100 cm³/mol. The Morgan fingerprint density at radius 3 is 2.20 bits per heavy atom. The fraction of sp³-hybridized carbons (Fsp3) is 0.182. The molecule has 2 aromatic carbocycles. The first kappa shape index (κ1) is 16.9. The monoisotopic (exact) mass is 330 g/mol. The molecule has 1 N–H and O–H groups in total. The molecule has 0 bridgehead atoms. The molecule has 1 atom stereocenters. The summed E-state index contributed by atoms with van der Waals surface area (Å²) >= 11 is 0.